The van der Waals surface area contributed by atoms with E-state index in [2.05, 4.69) is 10.3 Å². The Balaban J connectivity index is 0.00000220. The van der Waals surface area contributed by atoms with Crippen molar-refractivity contribution in [2.75, 3.05) is 6.54 Å². The fourth-order valence-corrected chi connectivity index (χ4v) is 1.98. The van der Waals surface area contributed by atoms with Gasteiger partial charge in [-0.2, -0.15) is 0 Å². The summed E-state index contributed by atoms with van der Waals surface area (Å²) in [5.74, 6) is -0.0977. The Bertz CT molecular complexity index is 520. The van der Waals surface area contributed by atoms with Gasteiger partial charge in [0.2, 0.25) is 5.91 Å². The Labute approximate surface area is 143 Å². The number of carbonyl (C=O) groups is 1. The second-order valence-electron chi connectivity index (χ2n) is 4.74. The third-order valence-corrected chi connectivity index (χ3v) is 3.09. The van der Waals surface area contributed by atoms with Crippen LogP contribution >= 0.6 is 24.8 Å². The first-order valence-corrected chi connectivity index (χ1v) is 6.78. The van der Waals surface area contributed by atoms with Crippen molar-refractivity contribution in [3.05, 3.63) is 54.6 Å². The Kier molecular flexibility index (Phi) is 10.3. The van der Waals surface area contributed by atoms with Crippen molar-refractivity contribution >= 4 is 30.7 Å². The minimum atomic E-state index is -0.495. The first-order chi connectivity index (χ1) is 9.75. The third-order valence-electron chi connectivity index (χ3n) is 3.09. The molecule has 0 fully saturated rings. The zero-order valence-corrected chi connectivity index (χ0v) is 13.9. The van der Waals surface area contributed by atoms with Crippen molar-refractivity contribution in [2.24, 2.45) is 5.73 Å². The number of aromatic nitrogens is 2. The van der Waals surface area contributed by atoms with Crippen molar-refractivity contribution in [1.82, 2.24) is 14.9 Å². The van der Waals surface area contributed by atoms with E-state index in [1.54, 1.807) is 12.5 Å². The quantitative estimate of drug-likeness (QED) is 0.752. The van der Waals surface area contributed by atoms with E-state index in [1.807, 2.05) is 41.1 Å². The number of hydrogen-bond acceptors (Lipinski definition) is 3. The van der Waals surface area contributed by atoms with E-state index in [1.165, 1.54) is 0 Å². The summed E-state index contributed by atoms with van der Waals surface area (Å²) in [4.78, 5) is 15.8. The summed E-state index contributed by atoms with van der Waals surface area (Å²) in [7, 11) is 0. The molecule has 3 N–H and O–H groups in total. The van der Waals surface area contributed by atoms with E-state index in [4.69, 9.17) is 5.73 Å². The maximum atomic E-state index is 11.9. The topological polar surface area (TPSA) is 72.9 Å². The monoisotopic (exact) mass is 344 g/mol. The number of rotatable bonds is 7. The van der Waals surface area contributed by atoms with Crippen LogP contribution in [0.3, 0.4) is 0 Å². The molecule has 0 spiro atoms. The lowest BCUT2D eigenvalue weighted by Crippen LogP contribution is -2.42. The molecule has 1 unspecified atom stereocenters. The molecule has 7 heteroatoms. The van der Waals surface area contributed by atoms with Gasteiger partial charge in [-0.1, -0.05) is 30.3 Å². The van der Waals surface area contributed by atoms with E-state index in [-0.39, 0.29) is 30.7 Å². The van der Waals surface area contributed by atoms with Crippen LogP contribution in [0.4, 0.5) is 0 Å². The molecule has 1 aromatic heterocycles. The molecule has 0 saturated heterocycles. The molecule has 22 heavy (non-hydrogen) atoms. The van der Waals surface area contributed by atoms with Crippen LogP contribution in [0.15, 0.2) is 49.1 Å². The molecule has 5 nitrogen and oxygen atoms in total. The number of hydrogen-bond donors (Lipinski definition) is 2. The van der Waals surface area contributed by atoms with E-state index in [0.29, 0.717) is 13.0 Å². The van der Waals surface area contributed by atoms with E-state index >= 15 is 0 Å². The van der Waals surface area contributed by atoms with E-state index in [0.717, 1.165) is 18.5 Å². The lowest BCUT2D eigenvalue weighted by atomic mass is 10.1. The number of carbonyl (C=O) groups excluding carboxylic acids is 1. The van der Waals surface area contributed by atoms with Crippen LogP contribution in [0.25, 0.3) is 0 Å². The highest BCUT2D eigenvalue weighted by Gasteiger charge is 2.12. The van der Waals surface area contributed by atoms with Gasteiger partial charge in [0, 0.05) is 25.5 Å². The normalized spacial score (nSPS) is 11.0. The Hall–Kier alpha value is -1.56. The number of imidazole rings is 1. The van der Waals surface area contributed by atoms with Gasteiger partial charge >= 0.3 is 0 Å². The summed E-state index contributed by atoms with van der Waals surface area (Å²) in [6.07, 6.45) is 6.84. The lowest BCUT2D eigenvalue weighted by molar-refractivity contribution is -0.122. The number of nitrogens with one attached hydrogen (secondary N) is 1. The molecular formula is C15H22Cl2N4O. The molecule has 0 bridgehead atoms. The third kappa shape index (κ3) is 6.93. The predicted molar refractivity (Wildman–Crippen MR) is 92.5 cm³/mol. The number of aryl methyl sites for hydroxylation is 1. The zero-order valence-electron chi connectivity index (χ0n) is 12.2. The minimum absolute atomic E-state index is 0. The first kappa shape index (κ1) is 20.4. The van der Waals surface area contributed by atoms with Crippen molar-refractivity contribution < 1.29 is 4.79 Å². The number of amides is 1. The van der Waals surface area contributed by atoms with Gasteiger partial charge < -0.3 is 15.6 Å². The van der Waals surface area contributed by atoms with Gasteiger partial charge in [0.25, 0.3) is 0 Å². The van der Waals surface area contributed by atoms with Crippen LogP contribution in [0, 0.1) is 0 Å². The van der Waals surface area contributed by atoms with Crippen LogP contribution in [0.5, 0.6) is 0 Å². The number of benzene rings is 1. The van der Waals surface area contributed by atoms with Gasteiger partial charge in [-0.05, 0) is 18.4 Å². The van der Waals surface area contributed by atoms with Crippen LogP contribution in [0.1, 0.15) is 12.0 Å². The number of halogens is 2. The van der Waals surface area contributed by atoms with Gasteiger partial charge in [-0.25, -0.2) is 4.98 Å². The van der Waals surface area contributed by atoms with Crippen molar-refractivity contribution in [2.45, 2.75) is 25.4 Å². The largest absolute Gasteiger partial charge is 0.355 e. The molecule has 2 aromatic rings. The highest BCUT2D eigenvalue weighted by Crippen LogP contribution is 2.01. The maximum absolute atomic E-state index is 11.9. The second-order valence-corrected chi connectivity index (χ2v) is 4.74. The second kappa shape index (κ2) is 11.1. The van der Waals surface area contributed by atoms with Crippen LogP contribution in [-0.2, 0) is 17.8 Å². The van der Waals surface area contributed by atoms with Gasteiger partial charge in [0.05, 0.1) is 12.4 Å². The van der Waals surface area contributed by atoms with E-state index in [9.17, 15) is 4.79 Å². The van der Waals surface area contributed by atoms with Gasteiger partial charge in [0.15, 0.2) is 0 Å². The average molecular weight is 345 g/mol. The molecule has 0 aliphatic rings. The molecule has 1 amide bonds. The highest BCUT2D eigenvalue weighted by atomic mass is 35.5. The first-order valence-electron chi connectivity index (χ1n) is 6.78. The summed E-state index contributed by atoms with van der Waals surface area (Å²) in [5, 5.41) is 2.87. The molecule has 1 aromatic carbocycles. The summed E-state index contributed by atoms with van der Waals surface area (Å²) >= 11 is 0. The molecule has 0 aliphatic heterocycles. The molecule has 1 heterocycles. The molecule has 1 atom stereocenters. The van der Waals surface area contributed by atoms with Crippen molar-refractivity contribution in [1.29, 1.82) is 0 Å². The Morgan fingerprint density at radius 3 is 2.64 bits per heavy atom. The molecular weight excluding hydrogens is 323 g/mol. The van der Waals surface area contributed by atoms with Crippen LogP contribution < -0.4 is 11.1 Å². The fourth-order valence-electron chi connectivity index (χ4n) is 1.98. The van der Waals surface area contributed by atoms with Crippen LogP contribution in [0.2, 0.25) is 0 Å². The number of nitrogens with zero attached hydrogens (tertiary/aromatic N) is 2. The minimum Gasteiger partial charge on any atom is -0.355 e. The SMILES string of the molecule is Cl.Cl.NC(Cc1ccccc1)C(=O)NCCCn1ccnc1. The van der Waals surface area contributed by atoms with Gasteiger partial charge in [-0.3, -0.25) is 4.79 Å². The standard InChI is InChI=1S/C15H20N4O.2ClH/c16-14(11-13-5-2-1-3-6-13)15(20)18-7-4-9-19-10-8-17-12-19;;/h1-3,5-6,8,10,12,14H,4,7,9,11,16H2,(H,18,20);2*1H. The smallest absolute Gasteiger partial charge is 0.237 e. The summed E-state index contributed by atoms with van der Waals surface area (Å²) in [6, 6.07) is 9.31. The molecule has 0 saturated carbocycles. The zero-order chi connectivity index (χ0) is 14.2. The average Bonchev–Trinajstić information content (AvgIpc) is 2.97. The molecule has 2 rings (SSSR count). The predicted octanol–water partition coefficient (Wildman–Crippen LogP) is 1.80. The molecule has 0 radical (unpaired) electrons. The summed E-state index contributed by atoms with van der Waals surface area (Å²) < 4.78 is 1.98. The summed E-state index contributed by atoms with van der Waals surface area (Å²) in [6.45, 7) is 1.47. The van der Waals surface area contributed by atoms with E-state index < -0.39 is 6.04 Å². The Morgan fingerprint density at radius 2 is 2.00 bits per heavy atom. The van der Waals surface area contributed by atoms with Crippen molar-refractivity contribution in [3.8, 4) is 0 Å². The van der Waals surface area contributed by atoms with Gasteiger partial charge in [0.1, 0.15) is 0 Å². The van der Waals surface area contributed by atoms with Crippen LogP contribution in [-0.4, -0.2) is 28.0 Å². The lowest BCUT2D eigenvalue weighted by Gasteiger charge is -2.12. The fraction of sp³-hybridized carbons (Fsp3) is 0.333. The Morgan fingerprint density at radius 1 is 1.27 bits per heavy atom. The number of nitrogens with two attached hydrogens (primary N) is 1. The molecule has 122 valence electrons. The van der Waals surface area contributed by atoms with Gasteiger partial charge in [-0.15, -0.1) is 24.8 Å². The molecule has 0 aliphatic carbocycles. The summed E-state index contributed by atoms with van der Waals surface area (Å²) in [5.41, 5.74) is 6.98. The maximum Gasteiger partial charge on any atom is 0.237 e. The van der Waals surface area contributed by atoms with Crippen molar-refractivity contribution in [3.63, 3.8) is 0 Å². The highest BCUT2D eigenvalue weighted by molar-refractivity contribution is 5.85.